The monoisotopic (exact) mass is 220 g/mol. The van der Waals surface area contributed by atoms with E-state index < -0.39 is 15.2 Å². The van der Waals surface area contributed by atoms with Crippen LogP contribution in [0.4, 0.5) is 5.69 Å². The Morgan fingerprint density at radius 2 is 2.31 bits per heavy atom. The van der Waals surface area contributed by atoms with Crippen LogP contribution < -0.4 is 4.72 Å². The Morgan fingerprint density at radius 1 is 1.62 bits per heavy atom. The van der Waals surface area contributed by atoms with E-state index in [1.54, 1.807) is 19.1 Å². The highest BCUT2D eigenvalue weighted by molar-refractivity contribution is 7.93. The van der Waals surface area contributed by atoms with Crippen molar-refractivity contribution in [1.29, 1.82) is 0 Å². The van der Waals surface area contributed by atoms with Gasteiger partial charge in [-0.1, -0.05) is 0 Å². The summed E-state index contributed by atoms with van der Waals surface area (Å²) in [4.78, 5) is 3.93. The summed E-state index contributed by atoms with van der Waals surface area (Å²) >= 11 is 5.22. The lowest BCUT2D eigenvalue weighted by molar-refractivity contribution is 0.605. The summed E-state index contributed by atoms with van der Waals surface area (Å²) in [5.74, 6) is 0. The second-order valence-electron chi connectivity index (χ2n) is 2.51. The minimum absolute atomic E-state index is 0.450. The van der Waals surface area contributed by atoms with E-state index in [-0.39, 0.29) is 0 Å². The summed E-state index contributed by atoms with van der Waals surface area (Å²) in [7, 11) is -3.40. The van der Waals surface area contributed by atoms with Crippen molar-refractivity contribution in [3.63, 3.8) is 0 Å². The Kier molecular flexibility index (Phi) is 3.11. The molecule has 1 rings (SSSR count). The largest absolute Gasteiger partial charge is 0.282 e. The van der Waals surface area contributed by atoms with Gasteiger partial charge in [0.1, 0.15) is 5.21 Å². The molecular weight excluding hydrogens is 212 g/mol. The van der Waals surface area contributed by atoms with Crippen LogP contribution in [0.25, 0.3) is 0 Å². The highest BCUT2D eigenvalue weighted by Crippen LogP contribution is 2.09. The van der Waals surface area contributed by atoms with E-state index in [2.05, 4.69) is 9.71 Å². The van der Waals surface area contributed by atoms with Crippen LogP contribution in [0.5, 0.6) is 0 Å². The van der Waals surface area contributed by atoms with Crippen molar-refractivity contribution >= 4 is 27.3 Å². The molecule has 4 nitrogen and oxygen atoms in total. The normalized spacial score (nSPS) is 11.2. The Hall–Kier alpha value is -0.810. The third kappa shape index (κ3) is 3.20. The molecule has 0 aromatic carbocycles. The highest BCUT2D eigenvalue weighted by atomic mass is 35.5. The van der Waals surface area contributed by atoms with Gasteiger partial charge in [0.2, 0.25) is 10.0 Å². The summed E-state index contributed by atoms with van der Waals surface area (Å²) < 4.78 is 24.3. The van der Waals surface area contributed by atoms with E-state index in [9.17, 15) is 8.42 Å². The fourth-order valence-electron chi connectivity index (χ4n) is 0.816. The number of anilines is 1. The van der Waals surface area contributed by atoms with Crippen LogP contribution in [-0.2, 0) is 10.0 Å². The number of nitrogens with one attached hydrogen (secondary N) is 1. The van der Waals surface area contributed by atoms with Gasteiger partial charge in [0.15, 0.2) is 0 Å². The maximum atomic E-state index is 11.0. The molecule has 6 heteroatoms. The molecule has 1 aromatic heterocycles. The van der Waals surface area contributed by atoms with Crippen LogP contribution in [0.1, 0.15) is 5.69 Å². The molecule has 0 radical (unpaired) electrons. The van der Waals surface area contributed by atoms with Crippen molar-refractivity contribution in [3.8, 4) is 0 Å². The molecule has 0 fully saturated rings. The van der Waals surface area contributed by atoms with Gasteiger partial charge in [-0.25, -0.2) is 8.42 Å². The first-order valence-electron chi connectivity index (χ1n) is 3.52. The maximum Gasteiger partial charge on any atom is 0.246 e. The van der Waals surface area contributed by atoms with E-state index in [4.69, 9.17) is 11.6 Å². The molecule has 0 bridgehead atoms. The first kappa shape index (κ1) is 10.3. The average Bonchev–Trinajstić information content (AvgIpc) is 2.03. The van der Waals surface area contributed by atoms with Gasteiger partial charge in [-0.3, -0.25) is 9.71 Å². The Morgan fingerprint density at radius 3 is 2.85 bits per heavy atom. The number of hydrogen-bond donors (Lipinski definition) is 1. The van der Waals surface area contributed by atoms with Gasteiger partial charge < -0.3 is 0 Å². The summed E-state index contributed by atoms with van der Waals surface area (Å²) in [5.41, 5.74) is 1.22. The lowest BCUT2D eigenvalue weighted by Gasteiger charge is -2.04. The number of aromatic nitrogens is 1. The van der Waals surface area contributed by atoms with Gasteiger partial charge in [-0.2, -0.15) is 0 Å². The van der Waals surface area contributed by atoms with Crippen LogP contribution in [0.2, 0.25) is 0 Å². The maximum absolute atomic E-state index is 11.0. The molecule has 0 aliphatic carbocycles. The molecule has 1 aromatic rings. The van der Waals surface area contributed by atoms with Gasteiger partial charge in [-0.05, 0) is 19.1 Å². The Labute approximate surface area is 82.0 Å². The molecule has 0 amide bonds. The number of nitrogens with zero attached hydrogens (tertiary/aromatic N) is 1. The molecule has 1 heterocycles. The second-order valence-corrected chi connectivity index (χ2v) is 4.82. The Bertz CT molecular complexity index is 391. The van der Waals surface area contributed by atoms with Crippen LogP contribution in [0, 0.1) is 6.92 Å². The molecule has 0 atom stereocenters. The fraction of sp³-hybridized carbons (Fsp3) is 0.286. The van der Waals surface area contributed by atoms with Crippen molar-refractivity contribution < 1.29 is 8.42 Å². The second kappa shape index (κ2) is 3.93. The predicted molar refractivity (Wildman–Crippen MR) is 52.2 cm³/mol. The van der Waals surface area contributed by atoms with E-state index in [0.29, 0.717) is 5.69 Å². The standard InChI is InChI=1S/C7H9ClN2O2S/c1-6-4-7(2-3-9-6)10-13(11,12)5-8/h2-4H,5H2,1H3,(H,9,10). The quantitative estimate of drug-likeness (QED) is 0.782. The zero-order valence-corrected chi connectivity index (χ0v) is 8.56. The van der Waals surface area contributed by atoms with Gasteiger partial charge in [0.05, 0.1) is 5.69 Å². The Balaban J connectivity index is 2.87. The molecule has 13 heavy (non-hydrogen) atoms. The van der Waals surface area contributed by atoms with Crippen molar-refractivity contribution in [3.05, 3.63) is 24.0 Å². The van der Waals surface area contributed by atoms with Crippen molar-refractivity contribution in [1.82, 2.24) is 4.98 Å². The number of hydrogen-bond acceptors (Lipinski definition) is 3. The van der Waals surface area contributed by atoms with Crippen LogP contribution in [0.15, 0.2) is 18.3 Å². The lowest BCUT2D eigenvalue weighted by Crippen LogP contribution is -2.13. The summed E-state index contributed by atoms with van der Waals surface area (Å²) in [6.45, 7) is 1.78. The molecule has 0 saturated heterocycles. The zero-order chi connectivity index (χ0) is 9.90. The number of halogens is 1. The van der Waals surface area contributed by atoms with Crippen LogP contribution in [-0.4, -0.2) is 18.6 Å². The van der Waals surface area contributed by atoms with Gasteiger partial charge in [0.25, 0.3) is 0 Å². The van der Waals surface area contributed by atoms with Gasteiger partial charge in [-0.15, -0.1) is 11.6 Å². The predicted octanol–water partition coefficient (Wildman–Crippen LogP) is 1.33. The van der Waals surface area contributed by atoms with Crippen LogP contribution in [0.3, 0.4) is 0 Å². The number of pyridine rings is 1. The summed E-state index contributed by atoms with van der Waals surface area (Å²) in [6.07, 6.45) is 1.53. The summed E-state index contributed by atoms with van der Waals surface area (Å²) in [5, 5.41) is -0.450. The lowest BCUT2D eigenvalue weighted by atomic mass is 10.3. The number of rotatable bonds is 3. The molecule has 0 aliphatic heterocycles. The SMILES string of the molecule is Cc1cc(NS(=O)(=O)CCl)ccn1. The number of alkyl halides is 1. The zero-order valence-electron chi connectivity index (χ0n) is 6.99. The first-order valence-corrected chi connectivity index (χ1v) is 5.71. The van der Waals surface area contributed by atoms with E-state index in [1.807, 2.05) is 0 Å². The molecule has 0 aliphatic rings. The fourth-order valence-corrected chi connectivity index (χ4v) is 1.52. The molecule has 1 N–H and O–H groups in total. The molecule has 0 saturated carbocycles. The highest BCUT2D eigenvalue weighted by Gasteiger charge is 2.07. The van der Waals surface area contributed by atoms with Gasteiger partial charge in [0, 0.05) is 11.9 Å². The number of sulfonamides is 1. The molecule has 72 valence electrons. The minimum atomic E-state index is -3.40. The molecule has 0 spiro atoms. The van der Waals surface area contributed by atoms with Gasteiger partial charge >= 0.3 is 0 Å². The van der Waals surface area contributed by atoms with Crippen molar-refractivity contribution in [2.75, 3.05) is 9.93 Å². The van der Waals surface area contributed by atoms with E-state index in [0.717, 1.165) is 5.69 Å². The average molecular weight is 221 g/mol. The minimum Gasteiger partial charge on any atom is -0.282 e. The molecule has 0 unspecified atom stereocenters. The topological polar surface area (TPSA) is 59.1 Å². The third-order valence-corrected chi connectivity index (χ3v) is 3.01. The van der Waals surface area contributed by atoms with Crippen molar-refractivity contribution in [2.24, 2.45) is 0 Å². The summed E-state index contributed by atoms with van der Waals surface area (Å²) in [6, 6.07) is 3.20. The van der Waals surface area contributed by atoms with E-state index in [1.165, 1.54) is 6.20 Å². The van der Waals surface area contributed by atoms with Crippen molar-refractivity contribution in [2.45, 2.75) is 6.92 Å². The third-order valence-electron chi connectivity index (χ3n) is 1.31. The van der Waals surface area contributed by atoms with E-state index >= 15 is 0 Å². The smallest absolute Gasteiger partial charge is 0.246 e. The first-order chi connectivity index (χ1) is 6.03. The van der Waals surface area contributed by atoms with Crippen LogP contribution >= 0.6 is 11.6 Å². The number of aryl methyl sites for hydroxylation is 1. The molecular formula is C7H9ClN2O2S.